The molecule has 0 amide bonds. The standard InChI is InChI=1S/C27H21ClN2O2/c1-32-16-20-25-23(15-29-26(20)27(31)17-8-3-2-4-9-17)30-22-13-7-11-19(24(22)25)14-18-10-5-6-12-21(18)28/h2-13,15,30H,14,16H2,1H3. The van der Waals surface area contributed by atoms with Gasteiger partial charge in [0, 0.05) is 39.5 Å². The van der Waals surface area contributed by atoms with Crippen LogP contribution >= 0.6 is 11.6 Å². The Morgan fingerprint density at radius 3 is 2.44 bits per heavy atom. The molecule has 0 aliphatic rings. The van der Waals surface area contributed by atoms with Crippen LogP contribution in [0.3, 0.4) is 0 Å². The molecule has 0 saturated carbocycles. The fourth-order valence-corrected chi connectivity index (χ4v) is 4.48. The average molecular weight is 441 g/mol. The highest BCUT2D eigenvalue weighted by Gasteiger charge is 2.21. The van der Waals surface area contributed by atoms with Gasteiger partial charge in [0.25, 0.3) is 0 Å². The molecule has 0 spiro atoms. The first-order chi connectivity index (χ1) is 15.7. The Morgan fingerprint density at radius 1 is 0.906 bits per heavy atom. The maximum atomic E-state index is 13.3. The van der Waals surface area contributed by atoms with Gasteiger partial charge in [-0.15, -0.1) is 0 Å². The first-order valence-corrected chi connectivity index (χ1v) is 10.8. The lowest BCUT2D eigenvalue weighted by Gasteiger charge is -2.11. The van der Waals surface area contributed by atoms with Crippen LogP contribution in [0, 0.1) is 0 Å². The first kappa shape index (κ1) is 20.4. The highest BCUT2D eigenvalue weighted by molar-refractivity contribution is 6.31. The number of nitrogens with zero attached hydrogens (tertiary/aromatic N) is 1. The van der Waals surface area contributed by atoms with Crippen LogP contribution < -0.4 is 0 Å². The minimum atomic E-state index is -0.113. The van der Waals surface area contributed by atoms with Crippen molar-refractivity contribution in [2.75, 3.05) is 7.11 Å². The number of carbonyl (C=O) groups is 1. The molecule has 0 aliphatic carbocycles. The second-order valence-electron chi connectivity index (χ2n) is 7.74. The van der Waals surface area contributed by atoms with Crippen LogP contribution in [0.5, 0.6) is 0 Å². The summed E-state index contributed by atoms with van der Waals surface area (Å²) in [7, 11) is 1.63. The van der Waals surface area contributed by atoms with E-state index < -0.39 is 0 Å². The molecule has 5 aromatic rings. The summed E-state index contributed by atoms with van der Waals surface area (Å²) in [6.45, 7) is 0.283. The van der Waals surface area contributed by atoms with Crippen LogP contribution in [0.2, 0.25) is 5.02 Å². The van der Waals surface area contributed by atoms with Gasteiger partial charge in [-0.1, -0.05) is 72.3 Å². The number of benzene rings is 3. The van der Waals surface area contributed by atoms with Gasteiger partial charge in [-0.05, 0) is 29.7 Å². The zero-order valence-corrected chi connectivity index (χ0v) is 18.3. The molecule has 0 radical (unpaired) electrons. The van der Waals surface area contributed by atoms with E-state index in [9.17, 15) is 4.79 Å². The van der Waals surface area contributed by atoms with Crippen molar-refractivity contribution >= 4 is 39.2 Å². The van der Waals surface area contributed by atoms with E-state index in [0.717, 1.165) is 43.5 Å². The second kappa shape index (κ2) is 8.58. The van der Waals surface area contributed by atoms with Crippen molar-refractivity contribution in [1.82, 2.24) is 9.97 Å². The highest BCUT2D eigenvalue weighted by atomic mass is 35.5. The molecule has 5 rings (SSSR count). The van der Waals surface area contributed by atoms with Crippen LogP contribution in [0.15, 0.2) is 79.0 Å². The third kappa shape index (κ3) is 3.58. The molecule has 0 fully saturated rings. The van der Waals surface area contributed by atoms with E-state index in [4.69, 9.17) is 16.3 Å². The predicted molar refractivity (Wildman–Crippen MR) is 128 cm³/mol. The molecular weight excluding hydrogens is 420 g/mol. The van der Waals surface area contributed by atoms with Crippen LogP contribution in [0.4, 0.5) is 0 Å². The summed E-state index contributed by atoms with van der Waals surface area (Å²) in [5.41, 5.74) is 5.86. The Balaban J connectivity index is 1.75. The number of aromatic nitrogens is 2. The Kier molecular flexibility index (Phi) is 5.48. The average Bonchev–Trinajstić information content (AvgIpc) is 3.21. The van der Waals surface area contributed by atoms with E-state index in [0.29, 0.717) is 17.7 Å². The van der Waals surface area contributed by atoms with Gasteiger partial charge in [0.2, 0.25) is 5.78 Å². The summed E-state index contributed by atoms with van der Waals surface area (Å²) in [6.07, 6.45) is 2.42. The summed E-state index contributed by atoms with van der Waals surface area (Å²) in [4.78, 5) is 21.3. The van der Waals surface area contributed by atoms with Gasteiger partial charge in [-0.25, -0.2) is 0 Å². The molecule has 0 aliphatic heterocycles. The number of aromatic amines is 1. The molecular formula is C27H21ClN2O2. The lowest BCUT2D eigenvalue weighted by atomic mass is 9.95. The Bertz CT molecular complexity index is 1440. The number of methoxy groups -OCH3 is 1. The monoisotopic (exact) mass is 440 g/mol. The normalized spacial score (nSPS) is 11.3. The molecule has 0 saturated heterocycles. The lowest BCUT2D eigenvalue weighted by molar-refractivity contribution is 0.102. The number of pyridine rings is 1. The topological polar surface area (TPSA) is 55.0 Å². The minimum absolute atomic E-state index is 0.113. The van der Waals surface area contributed by atoms with Crippen molar-refractivity contribution in [2.24, 2.45) is 0 Å². The van der Waals surface area contributed by atoms with E-state index in [2.05, 4.69) is 16.0 Å². The fraction of sp³-hybridized carbons (Fsp3) is 0.111. The molecule has 4 nitrogen and oxygen atoms in total. The summed E-state index contributed by atoms with van der Waals surface area (Å²) < 4.78 is 5.53. The molecule has 5 heteroatoms. The summed E-state index contributed by atoms with van der Waals surface area (Å²) in [5, 5.41) is 2.78. The third-order valence-corrected chi connectivity index (χ3v) is 6.10. The minimum Gasteiger partial charge on any atom is -0.380 e. The number of ether oxygens (including phenoxy) is 1. The van der Waals surface area contributed by atoms with Crippen molar-refractivity contribution in [3.8, 4) is 0 Å². The number of H-pyrrole nitrogens is 1. The van der Waals surface area contributed by atoms with Crippen LogP contribution in [0.25, 0.3) is 21.8 Å². The van der Waals surface area contributed by atoms with Crippen molar-refractivity contribution in [2.45, 2.75) is 13.0 Å². The van der Waals surface area contributed by atoms with Crippen LogP contribution in [-0.2, 0) is 17.8 Å². The fourth-order valence-electron chi connectivity index (χ4n) is 4.28. The molecule has 2 aromatic heterocycles. The third-order valence-electron chi connectivity index (χ3n) is 5.73. The van der Waals surface area contributed by atoms with Crippen molar-refractivity contribution in [1.29, 1.82) is 0 Å². The predicted octanol–water partition coefficient (Wildman–Crippen LogP) is 6.34. The van der Waals surface area contributed by atoms with Crippen LogP contribution in [-0.4, -0.2) is 22.9 Å². The van der Waals surface area contributed by atoms with E-state index in [1.165, 1.54) is 0 Å². The van der Waals surface area contributed by atoms with Gasteiger partial charge >= 0.3 is 0 Å². The molecule has 0 bridgehead atoms. The second-order valence-corrected chi connectivity index (χ2v) is 8.14. The number of fused-ring (bicyclic) bond motifs is 3. The Labute approximate surface area is 190 Å². The van der Waals surface area contributed by atoms with E-state index >= 15 is 0 Å². The van der Waals surface area contributed by atoms with Gasteiger partial charge < -0.3 is 9.72 Å². The van der Waals surface area contributed by atoms with Crippen molar-refractivity contribution in [3.05, 3.63) is 112 Å². The van der Waals surface area contributed by atoms with Crippen molar-refractivity contribution < 1.29 is 9.53 Å². The smallest absolute Gasteiger partial charge is 0.211 e. The lowest BCUT2D eigenvalue weighted by Crippen LogP contribution is -2.09. The van der Waals surface area contributed by atoms with Crippen molar-refractivity contribution in [3.63, 3.8) is 0 Å². The number of ketones is 1. The maximum Gasteiger partial charge on any atom is 0.211 e. The summed E-state index contributed by atoms with van der Waals surface area (Å²) >= 11 is 6.45. The van der Waals surface area contributed by atoms with E-state index in [-0.39, 0.29) is 12.4 Å². The maximum absolute atomic E-state index is 13.3. The summed E-state index contributed by atoms with van der Waals surface area (Å²) in [5.74, 6) is -0.113. The SMILES string of the molecule is COCc1c(C(=O)c2ccccc2)ncc2[nH]c3cccc(Cc4ccccc4Cl)c3c12. The molecule has 0 atom stereocenters. The first-order valence-electron chi connectivity index (χ1n) is 10.4. The number of halogens is 1. The number of hydrogen-bond acceptors (Lipinski definition) is 3. The number of rotatable bonds is 6. The highest BCUT2D eigenvalue weighted by Crippen LogP contribution is 2.34. The molecule has 0 unspecified atom stereocenters. The molecule has 3 aromatic carbocycles. The van der Waals surface area contributed by atoms with Gasteiger partial charge in [-0.2, -0.15) is 0 Å². The molecule has 158 valence electrons. The van der Waals surface area contributed by atoms with Gasteiger partial charge in [0.05, 0.1) is 18.3 Å². The zero-order chi connectivity index (χ0) is 22.1. The molecule has 2 heterocycles. The number of hydrogen-bond donors (Lipinski definition) is 1. The largest absolute Gasteiger partial charge is 0.380 e. The van der Waals surface area contributed by atoms with Gasteiger partial charge in [-0.3, -0.25) is 9.78 Å². The number of nitrogens with one attached hydrogen (secondary N) is 1. The van der Waals surface area contributed by atoms with E-state index in [1.807, 2.05) is 66.7 Å². The Morgan fingerprint density at radius 2 is 1.66 bits per heavy atom. The van der Waals surface area contributed by atoms with Gasteiger partial charge in [0.1, 0.15) is 5.69 Å². The molecule has 32 heavy (non-hydrogen) atoms. The zero-order valence-electron chi connectivity index (χ0n) is 17.6. The van der Waals surface area contributed by atoms with Crippen LogP contribution in [0.1, 0.15) is 32.7 Å². The number of carbonyl (C=O) groups excluding carboxylic acids is 1. The van der Waals surface area contributed by atoms with Gasteiger partial charge in [0.15, 0.2) is 0 Å². The quantitative estimate of drug-likeness (QED) is 0.313. The van der Waals surface area contributed by atoms with E-state index in [1.54, 1.807) is 13.3 Å². The summed E-state index contributed by atoms with van der Waals surface area (Å²) in [6, 6.07) is 23.3. The molecule has 1 N–H and O–H groups in total. The Hall–Kier alpha value is -3.47.